The third kappa shape index (κ3) is 2.75. The Labute approximate surface area is 223 Å². The number of nitrogens with zero attached hydrogens (tertiary/aromatic N) is 3. The van der Waals surface area contributed by atoms with Gasteiger partial charge in [-0.05, 0) is 43.2 Å². The second kappa shape index (κ2) is 7.71. The van der Waals surface area contributed by atoms with Crippen LogP contribution in [0.15, 0.2) is 120 Å². The SMILES string of the molecule is C1=CCCC(n2c3ccccc3c3c2cnc2c4ccccc4n(-c4cccc5c4oc4ccccc45)c23)=C1. The van der Waals surface area contributed by atoms with E-state index in [2.05, 4.69) is 112 Å². The lowest BCUT2D eigenvalue weighted by Gasteiger charge is -2.14. The third-order valence-electron chi connectivity index (χ3n) is 8.22. The van der Waals surface area contributed by atoms with E-state index < -0.39 is 0 Å². The van der Waals surface area contributed by atoms with Crippen LogP contribution in [0.5, 0.6) is 0 Å². The van der Waals surface area contributed by atoms with Crippen LogP contribution in [0, 0.1) is 0 Å². The van der Waals surface area contributed by atoms with Gasteiger partial charge >= 0.3 is 0 Å². The van der Waals surface area contributed by atoms with E-state index in [1.54, 1.807) is 0 Å². The number of furan rings is 1. The van der Waals surface area contributed by atoms with Crippen molar-refractivity contribution in [3.8, 4) is 5.69 Å². The summed E-state index contributed by atoms with van der Waals surface area (Å²) in [7, 11) is 0. The normalized spacial score (nSPS) is 14.0. The van der Waals surface area contributed by atoms with Gasteiger partial charge in [-0.1, -0.05) is 78.9 Å². The van der Waals surface area contributed by atoms with Crippen LogP contribution >= 0.6 is 0 Å². The molecule has 4 aromatic heterocycles. The second-order valence-corrected chi connectivity index (χ2v) is 10.3. The Hall–Kier alpha value is -5.09. The first-order valence-corrected chi connectivity index (χ1v) is 13.5. The summed E-state index contributed by atoms with van der Waals surface area (Å²) in [4.78, 5) is 5.14. The number of fused-ring (bicyclic) bond motifs is 10. The predicted molar refractivity (Wildman–Crippen MR) is 162 cm³/mol. The smallest absolute Gasteiger partial charge is 0.159 e. The first-order valence-electron chi connectivity index (χ1n) is 13.5. The lowest BCUT2D eigenvalue weighted by molar-refractivity contribution is 0.666. The zero-order chi connectivity index (χ0) is 25.5. The average molecular weight is 502 g/mol. The minimum absolute atomic E-state index is 0.891. The maximum Gasteiger partial charge on any atom is 0.159 e. The van der Waals surface area contributed by atoms with Crippen molar-refractivity contribution in [2.75, 3.05) is 0 Å². The number of aromatic nitrogens is 3. The average Bonchev–Trinajstić information content (AvgIpc) is 3.65. The van der Waals surface area contributed by atoms with E-state index in [1.807, 2.05) is 12.1 Å². The van der Waals surface area contributed by atoms with Crippen LogP contribution in [-0.2, 0) is 0 Å². The highest BCUT2D eigenvalue weighted by Crippen LogP contribution is 2.43. The van der Waals surface area contributed by atoms with Gasteiger partial charge in [-0.3, -0.25) is 4.98 Å². The molecule has 4 nitrogen and oxygen atoms in total. The highest BCUT2D eigenvalue weighted by molar-refractivity contribution is 6.25. The summed E-state index contributed by atoms with van der Waals surface area (Å²) in [6.07, 6.45) is 10.8. The van der Waals surface area contributed by atoms with Gasteiger partial charge in [0.2, 0.25) is 0 Å². The molecule has 0 fully saturated rings. The van der Waals surface area contributed by atoms with Gasteiger partial charge in [-0.25, -0.2) is 0 Å². The molecule has 0 unspecified atom stereocenters. The zero-order valence-electron chi connectivity index (χ0n) is 21.1. The largest absolute Gasteiger partial charge is 0.454 e. The fraction of sp³-hybridized carbons (Fsp3) is 0.0571. The van der Waals surface area contributed by atoms with Crippen molar-refractivity contribution in [2.24, 2.45) is 0 Å². The topological polar surface area (TPSA) is 35.9 Å². The molecule has 0 spiro atoms. The molecule has 1 aliphatic rings. The molecule has 0 N–H and O–H groups in total. The van der Waals surface area contributed by atoms with Crippen LogP contribution in [0.2, 0.25) is 0 Å². The molecule has 39 heavy (non-hydrogen) atoms. The molecular weight excluding hydrogens is 478 g/mol. The van der Waals surface area contributed by atoms with Crippen molar-refractivity contribution in [2.45, 2.75) is 12.8 Å². The zero-order valence-corrected chi connectivity index (χ0v) is 21.1. The maximum atomic E-state index is 6.54. The van der Waals surface area contributed by atoms with Gasteiger partial charge in [-0.2, -0.15) is 0 Å². The van der Waals surface area contributed by atoms with Crippen LogP contribution in [0.4, 0.5) is 0 Å². The Kier molecular flexibility index (Phi) is 4.14. The van der Waals surface area contributed by atoms with Crippen LogP contribution in [-0.4, -0.2) is 14.1 Å². The molecule has 0 aliphatic heterocycles. The molecule has 0 bridgehead atoms. The third-order valence-corrected chi connectivity index (χ3v) is 8.22. The van der Waals surface area contributed by atoms with Gasteiger partial charge < -0.3 is 13.6 Å². The van der Waals surface area contributed by atoms with Gasteiger partial charge in [0.25, 0.3) is 0 Å². The summed E-state index contributed by atoms with van der Waals surface area (Å²) in [5.74, 6) is 0. The molecule has 0 saturated carbocycles. The number of allylic oxidation sites excluding steroid dienone is 4. The molecule has 184 valence electrons. The molecular formula is C35H23N3O. The van der Waals surface area contributed by atoms with Gasteiger partial charge in [-0.15, -0.1) is 0 Å². The molecule has 0 amide bonds. The van der Waals surface area contributed by atoms with E-state index in [4.69, 9.17) is 9.40 Å². The standard InChI is InChI=1S/C35H23N3O/c1-2-11-22(12-3-1)37-27-17-7-4-14-25(27)32-30(37)21-36-33-26-15-5-8-18-28(26)38(34(32)33)29-19-10-16-24-23-13-6-9-20-31(23)39-35(24)29/h1-2,4-11,13-21H,3,12H2. The molecule has 0 saturated heterocycles. The van der Waals surface area contributed by atoms with Gasteiger partial charge in [0.15, 0.2) is 5.58 Å². The summed E-state index contributed by atoms with van der Waals surface area (Å²) in [5, 5.41) is 5.84. The van der Waals surface area contributed by atoms with E-state index in [9.17, 15) is 0 Å². The lowest BCUT2D eigenvalue weighted by atomic mass is 10.1. The lowest BCUT2D eigenvalue weighted by Crippen LogP contribution is -1.99. The Morgan fingerprint density at radius 2 is 1.41 bits per heavy atom. The van der Waals surface area contributed by atoms with Crippen molar-refractivity contribution in [3.05, 3.63) is 115 Å². The van der Waals surface area contributed by atoms with E-state index in [0.717, 1.165) is 67.9 Å². The summed E-state index contributed by atoms with van der Waals surface area (Å²) in [5.41, 5.74) is 9.70. The highest BCUT2D eigenvalue weighted by Gasteiger charge is 2.23. The number of para-hydroxylation sites is 4. The van der Waals surface area contributed by atoms with Crippen LogP contribution in [0.3, 0.4) is 0 Å². The van der Waals surface area contributed by atoms with E-state index in [1.165, 1.54) is 22.0 Å². The van der Waals surface area contributed by atoms with Crippen molar-refractivity contribution >= 4 is 71.4 Å². The summed E-state index contributed by atoms with van der Waals surface area (Å²) >= 11 is 0. The molecule has 1 aliphatic carbocycles. The number of hydrogen-bond donors (Lipinski definition) is 0. The van der Waals surface area contributed by atoms with Crippen molar-refractivity contribution in [1.82, 2.24) is 14.1 Å². The molecule has 0 atom stereocenters. The molecule has 4 heteroatoms. The summed E-state index contributed by atoms with van der Waals surface area (Å²) < 4.78 is 11.3. The number of rotatable bonds is 2. The van der Waals surface area contributed by atoms with Crippen molar-refractivity contribution < 1.29 is 4.42 Å². The summed E-state index contributed by atoms with van der Waals surface area (Å²) in [6, 6.07) is 32.1. The van der Waals surface area contributed by atoms with Crippen LogP contribution in [0.1, 0.15) is 12.8 Å². The fourth-order valence-electron chi connectivity index (χ4n) is 6.58. The molecule has 0 radical (unpaired) electrons. The molecule has 8 aromatic rings. The van der Waals surface area contributed by atoms with Gasteiger partial charge in [0.05, 0.1) is 39.5 Å². The number of pyridine rings is 1. The highest BCUT2D eigenvalue weighted by atomic mass is 16.3. The Morgan fingerprint density at radius 3 is 2.26 bits per heavy atom. The van der Waals surface area contributed by atoms with Gasteiger partial charge in [0.1, 0.15) is 5.58 Å². The van der Waals surface area contributed by atoms with E-state index >= 15 is 0 Å². The van der Waals surface area contributed by atoms with Crippen LogP contribution < -0.4 is 0 Å². The van der Waals surface area contributed by atoms with Gasteiger partial charge in [0, 0.05) is 32.6 Å². The Morgan fingerprint density at radius 1 is 0.667 bits per heavy atom. The first kappa shape index (κ1) is 20.9. The maximum absolute atomic E-state index is 6.54. The fourth-order valence-corrected chi connectivity index (χ4v) is 6.58. The predicted octanol–water partition coefficient (Wildman–Crippen LogP) is 9.38. The van der Waals surface area contributed by atoms with Crippen molar-refractivity contribution in [3.63, 3.8) is 0 Å². The summed E-state index contributed by atoms with van der Waals surface area (Å²) in [6.45, 7) is 0. The van der Waals surface area contributed by atoms with Crippen molar-refractivity contribution in [1.29, 1.82) is 0 Å². The van der Waals surface area contributed by atoms with Crippen LogP contribution in [0.25, 0.3) is 77.1 Å². The Balaban J connectivity index is 1.52. The molecule has 9 rings (SSSR count). The minimum atomic E-state index is 0.891. The quantitative estimate of drug-likeness (QED) is 0.236. The molecule has 4 aromatic carbocycles. The minimum Gasteiger partial charge on any atom is -0.454 e. The van der Waals surface area contributed by atoms with E-state index in [-0.39, 0.29) is 0 Å². The monoisotopic (exact) mass is 501 g/mol. The number of benzene rings is 4. The van der Waals surface area contributed by atoms with E-state index in [0.29, 0.717) is 0 Å². The Bertz CT molecular complexity index is 2340. The molecule has 4 heterocycles. The second-order valence-electron chi connectivity index (χ2n) is 10.3. The first-order chi connectivity index (χ1) is 19.4. The number of hydrogen-bond acceptors (Lipinski definition) is 2.